The second-order valence-electron chi connectivity index (χ2n) is 6.80. The van der Waals surface area contributed by atoms with Crippen molar-refractivity contribution in [2.45, 2.75) is 40.8 Å². The first-order chi connectivity index (χ1) is 13.7. The molecule has 0 spiro atoms. The van der Waals surface area contributed by atoms with E-state index < -0.39 is 5.91 Å². The first kappa shape index (κ1) is 21.3. The number of aromatic nitrogens is 4. The SMILES string of the molecule is CC(=O)NCCn1c(-c2csc(Cn3nc(C)c(Br)c3C)n2)cc(C(N)=O)c1C. The molecule has 0 fully saturated rings. The molecule has 0 unspecified atom stereocenters. The minimum atomic E-state index is -0.482. The summed E-state index contributed by atoms with van der Waals surface area (Å²) in [5.41, 5.74) is 10.3. The average molecular weight is 479 g/mol. The number of nitrogens with two attached hydrogens (primary N) is 1. The number of thiazole rings is 1. The lowest BCUT2D eigenvalue weighted by Crippen LogP contribution is -2.25. The van der Waals surface area contributed by atoms with Gasteiger partial charge in [0.2, 0.25) is 5.91 Å². The van der Waals surface area contributed by atoms with E-state index in [1.807, 2.05) is 35.4 Å². The Morgan fingerprint density at radius 3 is 2.59 bits per heavy atom. The number of amides is 2. The van der Waals surface area contributed by atoms with Gasteiger partial charge in [-0.1, -0.05) is 0 Å². The lowest BCUT2D eigenvalue weighted by Gasteiger charge is -2.11. The van der Waals surface area contributed by atoms with Gasteiger partial charge in [0.1, 0.15) is 5.01 Å². The maximum atomic E-state index is 11.8. The van der Waals surface area contributed by atoms with Gasteiger partial charge in [-0.2, -0.15) is 5.10 Å². The predicted molar refractivity (Wildman–Crippen MR) is 116 cm³/mol. The molecule has 0 bridgehead atoms. The molecule has 2 amide bonds. The highest BCUT2D eigenvalue weighted by atomic mass is 79.9. The molecule has 0 aromatic carbocycles. The minimum absolute atomic E-state index is 0.0986. The topological polar surface area (TPSA) is 108 Å². The molecule has 3 aromatic rings. The van der Waals surface area contributed by atoms with Gasteiger partial charge in [-0.3, -0.25) is 14.3 Å². The monoisotopic (exact) mass is 478 g/mol. The van der Waals surface area contributed by atoms with Gasteiger partial charge in [0.15, 0.2) is 0 Å². The van der Waals surface area contributed by atoms with E-state index in [9.17, 15) is 9.59 Å². The number of rotatable bonds is 7. The summed E-state index contributed by atoms with van der Waals surface area (Å²) in [6.07, 6.45) is 0. The number of nitrogens with zero attached hydrogens (tertiary/aromatic N) is 4. The van der Waals surface area contributed by atoms with Gasteiger partial charge in [-0.15, -0.1) is 11.3 Å². The fourth-order valence-electron chi connectivity index (χ4n) is 3.20. The highest BCUT2D eigenvalue weighted by molar-refractivity contribution is 9.10. The largest absolute Gasteiger partial charge is 0.366 e. The Kier molecular flexibility index (Phi) is 6.23. The van der Waals surface area contributed by atoms with Crippen LogP contribution in [0.15, 0.2) is 15.9 Å². The van der Waals surface area contributed by atoms with Crippen LogP contribution in [0.25, 0.3) is 11.4 Å². The standard InChI is InChI=1S/C19H23BrN6O2S/c1-10-18(20)12(3)26(24-10)8-17-23-15(9-29-17)16-7-14(19(21)28)11(2)25(16)6-5-22-13(4)27/h7,9H,5-6,8H2,1-4H3,(H2,21,28)(H,22,27). The number of hydrogen-bond donors (Lipinski definition) is 2. The van der Waals surface area contributed by atoms with Crippen molar-refractivity contribution in [1.29, 1.82) is 0 Å². The third kappa shape index (κ3) is 4.43. The molecule has 0 saturated heterocycles. The smallest absolute Gasteiger partial charge is 0.250 e. The van der Waals surface area contributed by atoms with Crippen LogP contribution in [0.4, 0.5) is 0 Å². The summed E-state index contributed by atoms with van der Waals surface area (Å²) in [5.74, 6) is -0.580. The molecule has 0 saturated carbocycles. The van der Waals surface area contributed by atoms with Crippen molar-refractivity contribution in [2.75, 3.05) is 6.54 Å². The third-order valence-corrected chi connectivity index (χ3v) is 6.71. The number of nitrogens with one attached hydrogen (secondary N) is 1. The summed E-state index contributed by atoms with van der Waals surface area (Å²) in [7, 11) is 0. The van der Waals surface area contributed by atoms with Crippen LogP contribution in [0.1, 0.15) is 39.4 Å². The Hall–Kier alpha value is -2.46. The molecular weight excluding hydrogens is 456 g/mol. The van der Waals surface area contributed by atoms with Crippen molar-refractivity contribution < 1.29 is 9.59 Å². The molecule has 3 rings (SSSR count). The van der Waals surface area contributed by atoms with Crippen molar-refractivity contribution in [2.24, 2.45) is 5.73 Å². The second-order valence-corrected chi connectivity index (χ2v) is 8.53. The summed E-state index contributed by atoms with van der Waals surface area (Å²) < 4.78 is 4.88. The van der Waals surface area contributed by atoms with Gasteiger partial charge in [0.05, 0.1) is 39.4 Å². The Morgan fingerprint density at radius 2 is 2.00 bits per heavy atom. The molecule has 0 radical (unpaired) electrons. The number of carbonyl (C=O) groups is 2. The van der Waals surface area contributed by atoms with Crippen LogP contribution < -0.4 is 11.1 Å². The van der Waals surface area contributed by atoms with Crippen LogP contribution in [-0.2, 0) is 17.9 Å². The molecule has 3 N–H and O–H groups in total. The van der Waals surface area contributed by atoms with Gasteiger partial charge in [0, 0.05) is 31.1 Å². The highest BCUT2D eigenvalue weighted by Crippen LogP contribution is 2.28. The summed E-state index contributed by atoms with van der Waals surface area (Å²) in [4.78, 5) is 27.8. The molecule has 29 heavy (non-hydrogen) atoms. The van der Waals surface area contributed by atoms with E-state index in [2.05, 4.69) is 26.3 Å². The number of primary amides is 1. The lowest BCUT2D eigenvalue weighted by atomic mass is 10.2. The van der Waals surface area contributed by atoms with Gasteiger partial charge < -0.3 is 15.6 Å². The predicted octanol–water partition coefficient (Wildman–Crippen LogP) is 2.78. The Labute approximate surface area is 181 Å². The number of carbonyl (C=O) groups excluding carboxylic acids is 2. The van der Waals surface area contributed by atoms with Crippen molar-refractivity contribution in [3.8, 4) is 11.4 Å². The van der Waals surface area contributed by atoms with Gasteiger partial charge in [-0.05, 0) is 42.8 Å². The van der Waals surface area contributed by atoms with Gasteiger partial charge in [0.25, 0.3) is 5.91 Å². The van der Waals surface area contributed by atoms with E-state index in [4.69, 9.17) is 10.7 Å². The quantitative estimate of drug-likeness (QED) is 0.543. The normalized spacial score (nSPS) is 11.1. The maximum Gasteiger partial charge on any atom is 0.250 e. The minimum Gasteiger partial charge on any atom is -0.366 e. The number of hydrogen-bond acceptors (Lipinski definition) is 5. The zero-order chi connectivity index (χ0) is 21.3. The number of aryl methyl sites for hydroxylation is 1. The van der Waals surface area contributed by atoms with Crippen LogP contribution in [0, 0.1) is 20.8 Å². The molecule has 10 heteroatoms. The summed E-state index contributed by atoms with van der Waals surface area (Å²) >= 11 is 5.08. The Morgan fingerprint density at radius 1 is 1.28 bits per heavy atom. The van der Waals surface area contributed by atoms with E-state index in [0.717, 1.165) is 37.9 Å². The summed E-state index contributed by atoms with van der Waals surface area (Å²) in [5, 5.41) is 10.2. The zero-order valence-corrected chi connectivity index (χ0v) is 19.1. The average Bonchev–Trinajstić information content (AvgIpc) is 3.30. The molecule has 0 aliphatic carbocycles. The van der Waals surface area contributed by atoms with Crippen molar-refractivity contribution in [3.05, 3.63) is 43.6 Å². The zero-order valence-electron chi connectivity index (χ0n) is 16.7. The fraction of sp³-hybridized carbons (Fsp3) is 0.368. The molecule has 3 heterocycles. The molecule has 3 aromatic heterocycles. The van der Waals surface area contributed by atoms with Crippen molar-refractivity contribution >= 4 is 39.1 Å². The number of halogens is 1. The van der Waals surface area contributed by atoms with Gasteiger partial charge >= 0.3 is 0 Å². The van der Waals surface area contributed by atoms with E-state index in [-0.39, 0.29) is 5.91 Å². The Bertz CT molecular complexity index is 1080. The molecular formula is C19H23BrN6O2S. The first-order valence-corrected chi connectivity index (χ1v) is 10.7. The van der Waals surface area contributed by atoms with E-state index in [1.54, 1.807) is 6.07 Å². The lowest BCUT2D eigenvalue weighted by molar-refractivity contribution is -0.118. The highest BCUT2D eigenvalue weighted by Gasteiger charge is 2.19. The van der Waals surface area contributed by atoms with E-state index >= 15 is 0 Å². The molecule has 154 valence electrons. The molecule has 0 aliphatic heterocycles. The second kappa shape index (κ2) is 8.50. The molecule has 0 atom stereocenters. The molecule has 8 nitrogen and oxygen atoms in total. The molecule has 0 aliphatic rings. The summed E-state index contributed by atoms with van der Waals surface area (Å²) in [6.45, 7) is 8.82. The first-order valence-electron chi connectivity index (χ1n) is 9.07. The van der Waals surface area contributed by atoms with E-state index in [1.165, 1.54) is 18.3 Å². The van der Waals surface area contributed by atoms with Crippen molar-refractivity contribution in [3.63, 3.8) is 0 Å². The van der Waals surface area contributed by atoms with Gasteiger partial charge in [-0.25, -0.2) is 4.98 Å². The Balaban J connectivity index is 1.91. The third-order valence-electron chi connectivity index (χ3n) is 4.73. The van der Waals surface area contributed by atoms with Crippen LogP contribution in [-0.4, -0.2) is 37.7 Å². The summed E-state index contributed by atoms with van der Waals surface area (Å²) in [6, 6.07) is 1.77. The van der Waals surface area contributed by atoms with Crippen LogP contribution in [0.2, 0.25) is 0 Å². The van der Waals surface area contributed by atoms with Crippen molar-refractivity contribution in [1.82, 2.24) is 24.6 Å². The van der Waals surface area contributed by atoms with Crippen LogP contribution >= 0.6 is 27.3 Å². The van der Waals surface area contributed by atoms with Crippen LogP contribution in [0.5, 0.6) is 0 Å². The van der Waals surface area contributed by atoms with E-state index in [0.29, 0.717) is 25.2 Å². The van der Waals surface area contributed by atoms with Crippen LogP contribution in [0.3, 0.4) is 0 Å². The maximum absolute atomic E-state index is 11.8. The fourth-order valence-corrected chi connectivity index (χ4v) is 4.25.